The van der Waals surface area contributed by atoms with Crippen LogP contribution in [0, 0.1) is 5.82 Å². The van der Waals surface area contributed by atoms with Crippen molar-refractivity contribution in [2.24, 2.45) is 0 Å². The maximum atomic E-state index is 12.8. The van der Waals surface area contributed by atoms with Gasteiger partial charge >= 0.3 is 0 Å². The van der Waals surface area contributed by atoms with Gasteiger partial charge in [0.15, 0.2) is 0 Å². The van der Waals surface area contributed by atoms with Gasteiger partial charge in [-0.1, -0.05) is 28.1 Å². The molecule has 0 aliphatic heterocycles. The van der Waals surface area contributed by atoms with E-state index in [0.29, 0.717) is 12.2 Å². The lowest BCUT2D eigenvalue weighted by Crippen LogP contribution is -2.26. The van der Waals surface area contributed by atoms with Crippen LogP contribution in [-0.4, -0.2) is 11.7 Å². The molecule has 2 aromatic carbocycles. The fourth-order valence-electron chi connectivity index (χ4n) is 1.97. The van der Waals surface area contributed by atoms with Crippen LogP contribution in [0.2, 0.25) is 0 Å². The Bertz CT molecular complexity index is 633. The number of carbonyl (C=O) groups is 1. The van der Waals surface area contributed by atoms with Crippen LogP contribution in [0.15, 0.2) is 57.9 Å². The van der Waals surface area contributed by atoms with Crippen LogP contribution in [0.1, 0.15) is 24.9 Å². The van der Waals surface area contributed by atoms with Crippen molar-refractivity contribution in [2.75, 3.05) is 5.75 Å². The highest BCUT2D eigenvalue weighted by Gasteiger charge is 2.09. The average molecular weight is 382 g/mol. The van der Waals surface area contributed by atoms with Crippen LogP contribution in [0.5, 0.6) is 0 Å². The minimum Gasteiger partial charge on any atom is -0.350 e. The third-order valence-electron chi connectivity index (χ3n) is 3.14. The molecule has 1 atom stereocenters. The van der Waals surface area contributed by atoms with Gasteiger partial charge in [0.25, 0.3) is 0 Å². The lowest BCUT2D eigenvalue weighted by molar-refractivity contribution is -0.121. The largest absolute Gasteiger partial charge is 0.350 e. The van der Waals surface area contributed by atoms with Crippen molar-refractivity contribution in [3.8, 4) is 0 Å². The molecule has 5 heteroatoms. The second-order valence-electron chi connectivity index (χ2n) is 4.90. The lowest BCUT2D eigenvalue weighted by Gasteiger charge is -2.14. The van der Waals surface area contributed by atoms with Crippen molar-refractivity contribution in [1.29, 1.82) is 0 Å². The summed E-state index contributed by atoms with van der Waals surface area (Å²) in [6.07, 6.45) is 0.431. The van der Waals surface area contributed by atoms with E-state index < -0.39 is 0 Å². The van der Waals surface area contributed by atoms with Gasteiger partial charge in [0.1, 0.15) is 5.82 Å². The summed E-state index contributed by atoms with van der Waals surface area (Å²) in [6.45, 7) is 1.97. The number of hydrogen-bond acceptors (Lipinski definition) is 2. The Balaban J connectivity index is 1.76. The fourth-order valence-corrected chi connectivity index (χ4v) is 3.23. The van der Waals surface area contributed by atoms with Crippen LogP contribution in [0.25, 0.3) is 0 Å². The zero-order valence-corrected chi connectivity index (χ0v) is 14.6. The topological polar surface area (TPSA) is 29.1 Å². The van der Waals surface area contributed by atoms with E-state index in [1.54, 1.807) is 23.9 Å². The standard InChI is InChI=1S/C17H17BrFNOS/c1-12(13-3-2-4-14(18)11-13)20-17(21)9-10-22-16-7-5-15(19)6-8-16/h2-8,11-12H,9-10H2,1H3,(H,20,21). The molecule has 1 unspecified atom stereocenters. The van der Waals surface area contributed by atoms with Gasteiger partial charge in [0.05, 0.1) is 6.04 Å². The summed E-state index contributed by atoms with van der Waals surface area (Å²) in [7, 11) is 0. The SMILES string of the molecule is CC(NC(=O)CCSc1ccc(F)cc1)c1cccc(Br)c1. The van der Waals surface area contributed by atoms with Crippen LogP contribution in [-0.2, 0) is 4.79 Å². The van der Waals surface area contributed by atoms with E-state index in [2.05, 4.69) is 21.2 Å². The maximum Gasteiger partial charge on any atom is 0.221 e. The number of carbonyl (C=O) groups excluding carboxylic acids is 1. The minimum atomic E-state index is -0.245. The smallest absolute Gasteiger partial charge is 0.221 e. The Hall–Kier alpha value is -1.33. The molecule has 0 saturated carbocycles. The molecule has 1 amide bonds. The summed E-state index contributed by atoms with van der Waals surface area (Å²) < 4.78 is 13.8. The van der Waals surface area contributed by atoms with E-state index in [9.17, 15) is 9.18 Å². The van der Waals surface area contributed by atoms with Gasteiger partial charge in [-0.15, -0.1) is 11.8 Å². The molecule has 2 aromatic rings. The Kier molecular flexibility index (Phi) is 6.46. The molecular weight excluding hydrogens is 365 g/mol. The molecule has 0 radical (unpaired) electrons. The first-order chi connectivity index (χ1) is 10.5. The van der Waals surface area contributed by atoms with E-state index in [1.807, 2.05) is 31.2 Å². The van der Waals surface area contributed by atoms with Crippen molar-refractivity contribution < 1.29 is 9.18 Å². The monoisotopic (exact) mass is 381 g/mol. The maximum absolute atomic E-state index is 12.8. The summed E-state index contributed by atoms with van der Waals surface area (Å²) in [5.74, 6) is 0.440. The molecular formula is C17H17BrFNOS. The number of nitrogens with one attached hydrogen (secondary N) is 1. The summed E-state index contributed by atoms with van der Waals surface area (Å²) in [6, 6.07) is 14.2. The number of amides is 1. The Morgan fingerprint density at radius 1 is 1.27 bits per heavy atom. The Morgan fingerprint density at radius 2 is 2.00 bits per heavy atom. The molecule has 22 heavy (non-hydrogen) atoms. The third-order valence-corrected chi connectivity index (χ3v) is 4.64. The molecule has 0 heterocycles. The highest BCUT2D eigenvalue weighted by Crippen LogP contribution is 2.20. The molecule has 116 valence electrons. The lowest BCUT2D eigenvalue weighted by atomic mass is 10.1. The van der Waals surface area contributed by atoms with Crippen LogP contribution < -0.4 is 5.32 Å². The molecule has 0 aliphatic carbocycles. The predicted octanol–water partition coefficient (Wildman–Crippen LogP) is 4.95. The predicted molar refractivity (Wildman–Crippen MR) is 92.4 cm³/mol. The highest BCUT2D eigenvalue weighted by molar-refractivity contribution is 9.10. The van der Waals surface area contributed by atoms with E-state index in [1.165, 1.54) is 12.1 Å². The number of thioether (sulfide) groups is 1. The summed E-state index contributed by atoms with van der Waals surface area (Å²) in [5.41, 5.74) is 1.06. The van der Waals surface area contributed by atoms with Gasteiger partial charge < -0.3 is 5.32 Å². The second kappa shape index (κ2) is 8.34. The van der Waals surface area contributed by atoms with Crippen LogP contribution >= 0.6 is 27.7 Å². The number of benzene rings is 2. The molecule has 2 nitrogen and oxygen atoms in total. The highest BCUT2D eigenvalue weighted by atomic mass is 79.9. The second-order valence-corrected chi connectivity index (χ2v) is 6.98. The van der Waals surface area contributed by atoms with Gasteiger partial charge in [-0.2, -0.15) is 0 Å². The Morgan fingerprint density at radius 3 is 2.68 bits per heavy atom. The normalized spacial score (nSPS) is 12.0. The molecule has 0 spiro atoms. The zero-order valence-electron chi connectivity index (χ0n) is 12.2. The van der Waals surface area contributed by atoms with Gasteiger partial charge in [0.2, 0.25) is 5.91 Å². The zero-order chi connectivity index (χ0) is 15.9. The quantitative estimate of drug-likeness (QED) is 0.717. The van der Waals surface area contributed by atoms with Crippen molar-refractivity contribution in [1.82, 2.24) is 5.32 Å². The Labute approximate surface area is 142 Å². The molecule has 0 fully saturated rings. The van der Waals surface area contributed by atoms with E-state index in [-0.39, 0.29) is 17.8 Å². The molecule has 0 saturated heterocycles. The molecule has 0 aliphatic rings. The fraction of sp³-hybridized carbons (Fsp3) is 0.235. The van der Waals surface area contributed by atoms with Crippen molar-refractivity contribution in [3.05, 3.63) is 64.4 Å². The average Bonchev–Trinajstić information content (AvgIpc) is 2.49. The first kappa shape index (κ1) is 17.0. The van der Waals surface area contributed by atoms with Crippen molar-refractivity contribution in [2.45, 2.75) is 24.3 Å². The van der Waals surface area contributed by atoms with E-state index >= 15 is 0 Å². The minimum absolute atomic E-state index is 0.0158. The van der Waals surface area contributed by atoms with E-state index in [4.69, 9.17) is 0 Å². The molecule has 0 bridgehead atoms. The molecule has 2 rings (SSSR count). The van der Waals surface area contributed by atoms with Crippen LogP contribution in [0.4, 0.5) is 4.39 Å². The van der Waals surface area contributed by atoms with Gasteiger partial charge in [-0.3, -0.25) is 4.79 Å². The third kappa shape index (κ3) is 5.46. The van der Waals surface area contributed by atoms with Crippen molar-refractivity contribution in [3.63, 3.8) is 0 Å². The summed E-state index contributed by atoms with van der Waals surface area (Å²) >= 11 is 4.97. The van der Waals surface area contributed by atoms with Gasteiger partial charge in [-0.25, -0.2) is 4.39 Å². The summed E-state index contributed by atoms with van der Waals surface area (Å²) in [4.78, 5) is 12.9. The van der Waals surface area contributed by atoms with E-state index in [0.717, 1.165) is 14.9 Å². The van der Waals surface area contributed by atoms with Gasteiger partial charge in [-0.05, 0) is 48.9 Å². The summed E-state index contributed by atoms with van der Waals surface area (Å²) in [5, 5.41) is 2.99. The number of rotatable bonds is 6. The first-order valence-electron chi connectivity index (χ1n) is 6.98. The first-order valence-corrected chi connectivity index (χ1v) is 8.75. The van der Waals surface area contributed by atoms with Crippen molar-refractivity contribution >= 4 is 33.6 Å². The van der Waals surface area contributed by atoms with Crippen LogP contribution in [0.3, 0.4) is 0 Å². The van der Waals surface area contributed by atoms with Gasteiger partial charge in [0, 0.05) is 21.5 Å². The number of hydrogen-bond donors (Lipinski definition) is 1. The molecule has 0 aromatic heterocycles. The number of halogens is 2. The molecule has 1 N–H and O–H groups in total.